The van der Waals surface area contributed by atoms with Crippen LogP contribution in [0.1, 0.15) is 23.9 Å². The molecule has 0 atom stereocenters. The molecule has 0 unspecified atom stereocenters. The average Bonchev–Trinajstić information content (AvgIpc) is 3.09. The Bertz CT molecular complexity index is 989. The SMILES string of the molecule is CCn1c(COc2ccc(C)cc2C)nnc1SCC(=O)Nc1ccc(Cl)cc1. The fourth-order valence-electron chi connectivity index (χ4n) is 2.81. The molecule has 0 saturated heterocycles. The van der Waals surface area contributed by atoms with Gasteiger partial charge in [0.05, 0.1) is 5.75 Å². The molecule has 3 rings (SSSR count). The van der Waals surface area contributed by atoms with Gasteiger partial charge in [-0.1, -0.05) is 41.1 Å². The van der Waals surface area contributed by atoms with Crippen LogP contribution in [-0.4, -0.2) is 26.4 Å². The molecule has 8 heteroatoms. The summed E-state index contributed by atoms with van der Waals surface area (Å²) < 4.78 is 7.89. The number of amides is 1. The zero-order valence-corrected chi connectivity index (χ0v) is 18.2. The molecule has 3 aromatic rings. The largest absolute Gasteiger partial charge is 0.485 e. The summed E-state index contributed by atoms with van der Waals surface area (Å²) in [6.07, 6.45) is 0. The maximum Gasteiger partial charge on any atom is 0.234 e. The highest BCUT2D eigenvalue weighted by molar-refractivity contribution is 7.99. The molecule has 0 bridgehead atoms. The predicted molar refractivity (Wildman–Crippen MR) is 117 cm³/mol. The van der Waals surface area contributed by atoms with Gasteiger partial charge in [-0.25, -0.2) is 0 Å². The molecule has 0 saturated carbocycles. The van der Waals surface area contributed by atoms with E-state index in [4.69, 9.17) is 16.3 Å². The average molecular weight is 431 g/mol. The van der Waals surface area contributed by atoms with E-state index in [9.17, 15) is 4.79 Å². The molecule has 0 aliphatic heterocycles. The smallest absolute Gasteiger partial charge is 0.234 e. The monoisotopic (exact) mass is 430 g/mol. The van der Waals surface area contributed by atoms with Crippen LogP contribution in [0, 0.1) is 13.8 Å². The Morgan fingerprint density at radius 2 is 1.93 bits per heavy atom. The summed E-state index contributed by atoms with van der Waals surface area (Å²) in [7, 11) is 0. The van der Waals surface area contributed by atoms with Crippen molar-refractivity contribution in [2.75, 3.05) is 11.1 Å². The number of aromatic nitrogens is 3. The zero-order valence-electron chi connectivity index (χ0n) is 16.6. The Hall–Kier alpha value is -2.51. The lowest BCUT2D eigenvalue weighted by molar-refractivity contribution is -0.113. The summed E-state index contributed by atoms with van der Waals surface area (Å²) in [6, 6.07) is 13.1. The highest BCUT2D eigenvalue weighted by Gasteiger charge is 2.14. The van der Waals surface area contributed by atoms with Gasteiger partial charge < -0.3 is 14.6 Å². The molecule has 6 nitrogen and oxygen atoms in total. The summed E-state index contributed by atoms with van der Waals surface area (Å²) in [5.41, 5.74) is 2.99. The minimum Gasteiger partial charge on any atom is -0.485 e. The Morgan fingerprint density at radius 3 is 2.62 bits per heavy atom. The van der Waals surface area contributed by atoms with Crippen molar-refractivity contribution in [1.82, 2.24) is 14.8 Å². The quantitative estimate of drug-likeness (QED) is 0.516. The van der Waals surface area contributed by atoms with E-state index in [1.165, 1.54) is 17.3 Å². The summed E-state index contributed by atoms with van der Waals surface area (Å²) >= 11 is 7.21. The van der Waals surface area contributed by atoms with Crippen LogP contribution in [0.4, 0.5) is 5.69 Å². The van der Waals surface area contributed by atoms with Crippen LogP contribution in [0.25, 0.3) is 0 Å². The van der Waals surface area contributed by atoms with Gasteiger partial charge in [-0.3, -0.25) is 4.79 Å². The maximum absolute atomic E-state index is 12.2. The summed E-state index contributed by atoms with van der Waals surface area (Å²) in [5.74, 6) is 1.68. The summed E-state index contributed by atoms with van der Waals surface area (Å²) in [6.45, 7) is 7.11. The van der Waals surface area contributed by atoms with Crippen molar-refractivity contribution >= 4 is 35.0 Å². The van der Waals surface area contributed by atoms with E-state index < -0.39 is 0 Å². The third-order valence-corrected chi connectivity index (χ3v) is 5.48. The van der Waals surface area contributed by atoms with E-state index in [0.29, 0.717) is 29.0 Å². The van der Waals surface area contributed by atoms with Gasteiger partial charge in [0.15, 0.2) is 11.0 Å². The Morgan fingerprint density at radius 1 is 1.17 bits per heavy atom. The van der Waals surface area contributed by atoms with Gasteiger partial charge in [-0.2, -0.15) is 0 Å². The molecule has 0 fully saturated rings. The second-order valence-electron chi connectivity index (χ2n) is 6.54. The fourth-order valence-corrected chi connectivity index (χ4v) is 3.76. The lowest BCUT2D eigenvalue weighted by Crippen LogP contribution is -2.14. The first-order valence-electron chi connectivity index (χ1n) is 9.26. The molecule has 1 N–H and O–H groups in total. The predicted octanol–water partition coefficient (Wildman–Crippen LogP) is 4.88. The summed E-state index contributed by atoms with van der Waals surface area (Å²) in [5, 5.41) is 12.6. The Balaban J connectivity index is 1.58. The van der Waals surface area contributed by atoms with Gasteiger partial charge in [0, 0.05) is 17.3 Å². The van der Waals surface area contributed by atoms with E-state index in [-0.39, 0.29) is 11.7 Å². The summed E-state index contributed by atoms with van der Waals surface area (Å²) in [4.78, 5) is 12.2. The Kier molecular flexibility index (Phi) is 7.17. The number of aryl methyl sites for hydroxylation is 2. The minimum absolute atomic E-state index is 0.115. The van der Waals surface area contributed by atoms with Crippen molar-refractivity contribution in [3.8, 4) is 5.75 Å². The molecule has 0 radical (unpaired) electrons. The van der Waals surface area contributed by atoms with Crippen LogP contribution in [0.2, 0.25) is 5.02 Å². The van der Waals surface area contributed by atoms with Crippen molar-refractivity contribution in [3.05, 3.63) is 64.4 Å². The maximum atomic E-state index is 12.2. The molecule has 1 heterocycles. The van der Waals surface area contributed by atoms with Crippen molar-refractivity contribution in [3.63, 3.8) is 0 Å². The second-order valence-corrected chi connectivity index (χ2v) is 7.92. The van der Waals surface area contributed by atoms with Crippen LogP contribution in [-0.2, 0) is 17.9 Å². The third-order valence-electron chi connectivity index (χ3n) is 4.26. The standard InChI is InChI=1S/C21H23ClN4O2S/c1-4-26-19(12-28-18-10-5-14(2)11-15(18)3)24-25-21(26)29-13-20(27)23-17-8-6-16(22)7-9-17/h5-11H,4,12-13H2,1-3H3,(H,23,27). The molecule has 1 aromatic heterocycles. The topological polar surface area (TPSA) is 69.0 Å². The number of anilines is 1. The molecular formula is C21H23ClN4O2S. The first kappa shape index (κ1) is 21.2. The number of benzene rings is 2. The van der Waals surface area contributed by atoms with Gasteiger partial charge in [0.2, 0.25) is 5.91 Å². The number of hydrogen-bond acceptors (Lipinski definition) is 5. The van der Waals surface area contributed by atoms with Gasteiger partial charge >= 0.3 is 0 Å². The highest BCUT2D eigenvalue weighted by atomic mass is 35.5. The first-order chi connectivity index (χ1) is 14.0. The van der Waals surface area contributed by atoms with Crippen LogP contribution in [0.15, 0.2) is 47.6 Å². The number of nitrogens with one attached hydrogen (secondary N) is 1. The molecule has 1 amide bonds. The van der Waals surface area contributed by atoms with Crippen molar-refractivity contribution in [1.29, 1.82) is 0 Å². The lowest BCUT2D eigenvalue weighted by Gasteiger charge is -2.11. The van der Waals surface area contributed by atoms with Crippen LogP contribution in [0.3, 0.4) is 0 Å². The number of halogens is 1. The van der Waals surface area contributed by atoms with Crippen LogP contribution in [0.5, 0.6) is 5.75 Å². The van der Waals surface area contributed by atoms with Crippen LogP contribution < -0.4 is 10.1 Å². The Labute approximate surface area is 179 Å². The number of rotatable bonds is 8. The van der Waals surface area contributed by atoms with E-state index in [0.717, 1.165) is 17.1 Å². The molecule has 29 heavy (non-hydrogen) atoms. The van der Waals surface area contributed by atoms with Gasteiger partial charge in [-0.05, 0) is 56.7 Å². The second kappa shape index (κ2) is 9.80. The van der Waals surface area contributed by atoms with Gasteiger partial charge in [0.1, 0.15) is 12.4 Å². The number of thioether (sulfide) groups is 1. The molecule has 2 aromatic carbocycles. The highest BCUT2D eigenvalue weighted by Crippen LogP contribution is 2.22. The third kappa shape index (κ3) is 5.74. The van der Waals surface area contributed by atoms with E-state index in [1.807, 2.05) is 30.5 Å². The molecule has 0 spiro atoms. The normalized spacial score (nSPS) is 10.8. The molecule has 152 valence electrons. The number of ether oxygens (including phenoxy) is 1. The number of hydrogen-bond donors (Lipinski definition) is 1. The minimum atomic E-state index is -0.115. The molecule has 0 aliphatic rings. The lowest BCUT2D eigenvalue weighted by atomic mass is 10.1. The molecule has 0 aliphatic carbocycles. The van der Waals surface area contributed by atoms with E-state index in [1.54, 1.807) is 24.3 Å². The zero-order chi connectivity index (χ0) is 20.8. The number of carbonyl (C=O) groups is 1. The first-order valence-corrected chi connectivity index (χ1v) is 10.6. The van der Waals surface area contributed by atoms with Crippen LogP contribution >= 0.6 is 23.4 Å². The van der Waals surface area contributed by atoms with Crippen molar-refractivity contribution in [2.45, 2.75) is 39.1 Å². The fraction of sp³-hybridized carbons (Fsp3) is 0.286. The van der Waals surface area contributed by atoms with E-state index in [2.05, 4.69) is 28.5 Å². The van der Waals surface area contributed by atoms with Gasteiger partial charge in [-0.15, -0.1) is 10.2 Å². The number of carbonyl (C=O) groups excluding carboxylic acids is 1. The van der Waals surface area contributed by atoms with Crippen molar-refractivity contribution in [2.24, 2.45) is 0 Å². The van der Waals surface area contributed by atoms with E-state index >= 15 is 0 Å². The van der Waals surface area contributed by atoms with Crippen molar-refractivity contribution < 1.29 is 9.53 Å². The molecular weight excluding hydrogens is 408 g/mol. The van der Waals surface area contributed by atoms with Gasteiger partial charge in [0.25, 0.3) is 0 Å². The number of nitrogens with zero attached hydrogens (tertiary/aromatic N) is 3.